The summed E-state index contributed by atoms with van der Waals surface area (Å²) < 4.78 is 4.92. The van der Waals surface area contributed by atoms with Crippen LogP contribution in [0.1, 0.15) is 37.1 Å². The summed E-state index contributed by atoms with van der Waals surface area (Å²) in [5.41, 5.74) is 1.50. The van der Waals surface area contributed by atoms with E-state index in [1.54, 1.807) is 24.3 Å². The van der Waals surface area contributed by atoms with Crippen LogP contribution in [-0.4, -0.2) is 41.3 Å². The van der Waals surface area contributed by atoms with Crippen molar-refractivity contribution >= 4 is 34.3 Å². The summed E-state index contributed by atoms with van der Waals surface area (Å²) >= 11 is 1.27. The molecule has 1 aromatic heterocycles. The van der Waals surface area contributed by atoms with Gasteiger partial charge >= 0.3 is 5.97 Å². The van der Waals surface area contributed by atoms with Crippen LogP contribution in [0.25, 0.3) is 0 Å². The maximum atomic E-state index is 13.0. The van der Waals surface area contributed by atoms with E-state index in [-0.39, 0.29) is 36.2 Å². The molecular formula is C20H23N3O4S. The molecule has 0 radical (unpaired) electrons. The zero-order valence-corrected chi connectivity index (χ0v) is 16.7. The van der Waals surface area contributed by atoms with Crippen molar-refractivity contribution < 1.29 is 19.1 Å². The SMILES string of the molecule is CCOC(=O)Cc1csc(NC(=O)[C@H]2CCC(=O)N(C)[C@@H]2c2ccccc2)n1. The van der Waals surface area contributed by atoms with Gasteiger partial charge in [-0.1, -0.05) is 30.3 Å². The van der Waals surface area contributed by atoms with Crippen molar-refractivity contribution in [2.24, 2.45) is 5.92 Å². The van der Waals surface area contributed by atoms with Gasteiger partial charge in [-0.2, -0.15) is 0 Å². The van der Waals surface area contributed by atoms with Crippen LogP contribution in [0.3, 0.4) is 0 Å². The van der Waals surface area contributed by atoms with E-state index < -0.39 is 0 Å². The number of anilines is 1. The number of hydrogen-bond acceptors (Lipinski definition) is 6. The van der Waals surface area contributed by atoms with E-state index in [4.69, 9.17) is 4.74 Å². The minimum atomic E-state index is -0.373. The normalized spacial score (nSPS) is 19.4. The van der Waals surface area contributed by atoms with Crippen LogP contribution < -0.4 is 5.32 Å². The molecule has 1 aromatic carbocycles. The fraction of sp³-hybridized carbons (Fsp3) is 0.400. The lowest BCUT2D eigenvalue weighted by Gasteiger charge is -2.38. The molecule has 3 rings (SSSR count). The maximum Gasteiger partial charge on any atom is 0.311 e. The summed E-state index contributed by atoms with van der Waals surface area (Å²) in [7, 11) is 1.74. The highest BCUT2D eigenvalue weighted by Gasteiger charge is 2.39. The zero-order valence-electron chi connectivity index (χ0n) is 15.9. The van der Waals surface area contributed by atoms with E-state index in [0.29, 0.717) is 30.3 Å². The van der Waals surface area contributed by atoms with Crippen molar-refractivity contribution in [2.45, 2.75) is 32.2 Å². The molecule has 148 valence electrons. The fourth-order valence-electron chi connectivity index (χ4n) is 3.42. The van der Waals surface area contributed by atoms with Gasteiger partial charge in [-0.05, 0) is 18.9 Å². The largest absolute Gasteiger partial charge is 0.466 e. The molecule has 1 fully saturated rings. The van der Waals surface area contributed by atoms with Gasteiger partial charge in [0, 0.05) is 18.8 Å². The molecule has 0 bridgehead atoms. The Morgan fingerprint density at radius 2 is 2.07 bits per heavy atom. The molecule has 8 heteroatoms. The number of carbonyl (C=O) groups is 3. The molecular weight excluding hydrogens is 378 g/mol. The molecule has 2 atom stereocenters. The lowest BCUT2D eigenvalue weighted by molar-refractivity contribution is -0.142. The van der Waals surface area contributed by atoms with E-state index in [9.17, 15) is 14.4 Å². The molecule has 1 aliphatic rings. The number of amides is 2. The second kappa shape index (κ2) is 8.97. The Bertz CT molecular complexity index is 852. The lowest BCUT2D eigenvalue weighted by atomic mass is 9.84. The molecule has 1 aliphatic heterocycles. The van der Waals surface area contributed by atoms with E-state index >= 15 is 0 Å². The highest BCUT2D eigenvalue weighted by molar-refractivity contribution is 7.13. The first-order valence-corrected chi connectivity index (χ1v) is 10.1. The highest BCUT2D eigenvalue weighted by Crippen LogP contribution is 2.36. The van der Waals surface area contributed by atoms with Gasteiger partial charge in [-0.25, -0.2) is 4.98 Å². The Morgan fingerprint density at radius 3 is 2.79 bits per heavy atom. The number of aromatic nitrogens is 1. The average molecular weight is 401 g/mol. The van der Waals surface area contributed by atoms with Crippen molar-refractivity contribution in [2.75, 3.05) is 19.0 Å². The molecule has 1 N–H and O–H groups in total. The summed E-state index contributed by atoms with van der Waals surface area (Å²) in [6, 6.07) is 9.26. The number of thiazole rings is 1. The number of piperidine rings is 1. The van der Waals surface area contributed by atoms with Gasteiger partial charge < -0.3 is 15.0 Å². The smallest absolute Gasteiger partial charge is 0.311 e. The summed E-state index contributed by atoms with van der Waals surface area (Å²) in [6.07, 6.45) is 0.896. The minimum Gasteiger partial charge on any atom is -0.466 e. The molecule has 28 heavy (non-hydrogen) atoms. The summed E-state index contributed by atoms with van der Waals surface area (Å²) in [4.78, 5) is 42.7. The second-order valence-electron chi connectivity index (χ2n) is 6.62. The van der Waals surface area contributed by atoms with E-state index in [0.717, 1.165) is 5.56 Å². The Morgan fingerprint density at radius 1 is 1.32 bits per heavy atom. The molecule has 2 aromatic rings. The summed E-state index contributed by atoms with van der Waals surface area (Å²) in [6.45, 7) is 2.07. The van der Waals surface area contributed by atoms with Gasteiger partial charge in [0.2, 0.25) is 11.8 Å². The molecule has 1 saturated heterocycles. The predicted molar refractivity (Wildman–Crippen MR) is 106 cm³/mol. The number of esters is 1. The third-order valence-corrected chi connectivity index (χ3v) is 5.56. The van der Waals surface area contributed by atoms with Crippen LogP contribution in [0.4, 0.5) is 5.13 Å². The number of nitrogens with one attached hydrogen (secondary N) is 1. The lowest BCUT2D eigenvalue weighted by Crippen LogP contribution is -2.44. The highest BCUT2D eigenvalue weighted by atomic mass is 32.1. The fourth-order valence-corrected chi connectivity index (χ4v) is 4.14. The number of rotatable bonds is 6. The van der Waals surface area contributed by atoms with Crippen molar-refractivity contribution in [3.05, 3.63) is 47.0 Å². The minimum absolute atomic E-state index is 0.0314. The zero-order chi connectivity index (χ0) is 20.1. The third-order valence-electron chi connectivity index (χ3n) is 4.75. The van der Waals surface area contributed by atoms with Gasteiger partial charge in [-0.15, -0.1) is 11.3 Å². The van der Waals surface area contributed by atoms with Crippen LogP contribution in [-0.2, 0) is 25.5 Å². The molecule has 2 heterocycles. The van der Waals surface area contributed by atoms with E-state index in [1.807, 2.05) is 30.3 Å². The third kappa shape index (κ3) is 4.56. The van der Waals surface area contributed by atoms with Crippen molar-refractivity contribution in [1.29, 1.82) is 0 Å². The quantitative estimate of drug-likeness (QED) is 0.752. The molecule has 0 saturated carbocycles. The molecule has 0 unspecified atom stereocenters. The first kappa shape index (κ1) is 20.0. The molecule has 7 nitrogen and oxygen atoms in total. The van der Waals surface area contributed by atoms with Crippen LogP contribution in [0.2, 0.25) is 0 Å². The number of benzene rings is 1. The first-order valence-electron chi connectivity index (χ1n) is 9.21. The Hall–Kier alpha value is -2.74. The van der Waals surface area contributed by atoms with E-state index in [1.165, 1.54) is 11.3 Å². The Kier molecular flexibility index (Phi) is 6.41. The van der Waals surface area contributed by atoms with Crippen LogP contribution in [0.15, 0.2) is 35.7 Å². The van der Waals surface area contributed by atoms with Gasteiger partial charge in [-0.3, -0.25) is 14.4 Å². The van der Waals surface area contributed by atoms with Crippen molar-refractivity contribution in [3.8, 4) is 0 Å². The number of nitrogens with zero attached hydrogens (tertiary/aromatic N) is 2. The predicted octanol–water partition coefficient (Wildman–Crippen LogP) is 2.80. The molecule has 2 amide bonds. The van der Waals surface area contributed by atoms with Crippen LogP contribution in [0.5, 0.6) is 0 Å². The number of likely N-dealkylation sites (tertiary alicyclic amines) is 1. The first-order chi connectivity index (χ1) is 13.5. The second-order valence-corrected chi connectivity index (χ2v) is 7.48. The maximum absolute atomic E-state index is 13.0. The van der Waals surface area contributed by atoms with Crippen LogP contribution in [0, 0.1) is 5.92 Å². The van der Waals surface area contributed by atoms with Gasteiger partial charge in [0.05, 0.1) is 30.7 Å². The van der Waals surface area contributed by atoms with Crippen molar-refractivity contribution in [3.63, 3.8) is 0 Å². The molecule has 0 spiro atoms. The number of carbonyl (C=O) groups excluding carboxylic acids is 3. The van der Waals surface area contributed by atoms with Gasteiger partial charge in [0.1, 0.15) is 0 Å². The Balaban J connectivity index is 1.72. The Labute approximate surface area is 167 Å². The average Bonchev–Trinajstić information content (AvgIpc) is 3.11. The molecule has 0 aliphatic carbocycles. The van der Waals surface area contributed by atoms with Gasteiger partial charge in [0.15, 0.2) is 5.13 Å². The number of hydrogen-bond donors (Lipinski definition) is 1. The monoisotopic (exact) mass is 401 g/mol. The van der Waals surface area contributed by atoms with E-state index in [2.05, 4.69) is 10.3 Å². The number of ether oxygens (including phenoxy) is 1. The van der Waals surface area contributed by atoms with Crippen molar-refractivity contribution in [1.82, 2.24) is 9.88 Å². The topological polar surface area (TPSA) is 88.6 Å². The standard InChI is InChI=1S/C20H23N3O4S/c1-3-27-17(25)11-14-12-28-20(21-14)22-19(26)15-9-10-16(24)23(2)18(15)13-7-5-4-6-8-13/h4-8,12,15,18H,3,9-11H2,1-2H3,(H,21,22,26)/t15-,18+/m0/s1. The van der Waals surface area contributed by atoms with Gasteiger partial charge in [0.25, 0.3) is 0 Å². The summed E-state index contributed by atoms with van der Waals surface area (Å²) in [5, 5.41) is 5.03. The summed E-state index contributed by atoms with van der Waals surface area (Å²) in [5.74, 6) is -0.862. The van der Waals surface area contributed by atoms with Crippen LogP contribution >= 0.6 is 11.3 Å².